The maximum Gasteiger partial charge on any atom is 0.417 e. The van der Waals surface area contributed by atoms with Gasteiger partial charge in [0.25, 0.3) is 0 Å². The van der Waals surface area contributed by atoms with Crippen molar-refractivity contribution >= 4 is 23.3 Å². The van der Waals surface area contributed by atoms with Crippen LogP contribution in [0.25, 0.3) is 0 Å². The Labute approximate surface area is 93.9 Å². The Morgan fingerprint density at radius 2 is 2.00 bits per heavy atom. The zero-order chi connectivity index (χ0) is 12.5. The predicted molar refractivity (Wildman–Crippen MR) is 52.2 cm³/mol. The lowest BCUT2D eigenvalue weighted by molar-refractivity contribution is -0.138. The summed E-state index contributed by atoms with van der Waals surface area (Å²) in [4.78, 5) is 11.2. The van der Waals surface area contributed by atoms with Gasteiger partial charge in [0.2, 0.25) is 0 Å². The molecule has 1 aromatic carbocycles. The van der Waals surface area contributed by atoms with Crippen LogP contribution in [0.4, 0.5) is 18.9 Å². The normalized spacial score (nSPS) is 11.3. The summed E-state index contributed by atoms with van der Waals surface area (Å²) in [6, 6.07) is 1.70. The molecule has 16 heavy (non-hydrogen) atoms. The molecule has 2 N–H and O–H groups in total. The van der Waals surface area contributed by atoms with E-state index >= 15 is 0 Å². The maximum atomic E-state index is 12.6. The highest BCUT2D eigenvalue weighted by Gasteiger charge is 2.37. The fraction of sp³-hybridized carbons (Fsp3) is 0.222. The van der Waals surface area contributed by atoms with Crippen molar-refractivity contribution in [2.24, 2.45) is 0 Å². The molecule has 7 heteroatoms. The smallest absolute Gasteiger partial charge is 0.417 e. The highest BCUT2D eigenvalue weighted by atomic mass is 35.5. The van der Waals surface area contributed by atoms with Crippen LogP contribution in [0.1, 0.15) is 15.9 Å². The summed E-state index contributed by atoms with van der Waals surface area (Å²) in [5.74, 6) is -1.16. The van der Waals surface area contributed by atoms with E-state index < -0.39 is 23.3 Å². The molecule has 0 amide bonds. The van der Waals surface area contributed by atoms with Crippen LogP contribution < -0.4 is 5.73 Å². The first-order chi connectivity index (χ1) is 7.27. The lowest BCUT2D eigenvalue weighted by Gasteiger charge is -2.13. The summed E-state index contributed by atoms with van der Waals surface area (Å²) in [5.41, 5.74) is 3.12. The monoisotopic (exact) mass is 253 g/mol. The second-order valence-corrected chi connectivity index (χ2v) is 3.32. The number of benzene rings is 1. The van der Waals surface area contributed by atoms with Gasteiger partial charge in [0, 0.05) is 5.69 Å². The molecule has 0 heterocycles. The van der Waals surface area contributed by atoms with Crippen molar-refractivity contribution in [1.29, 1.82) is 0 Å². The average molecular weight is 254 g/mol. The second-order valence-electron chi connectivity index (χ2n) is 2.91. The molecule has 0 atom stereocenters. The van der Waals surface area contributed by atoms with Gasteiger partial charge in [-0.15, -0.1) is 0 Å². The number of nitrogen functional groups attached to an aromatic ring is 1. The van der Waals surface area contributed by atoms with Crippen LogP contribution in [0.15, 0.2) is 12.1 Å². The number of nitrogens with two attached hydrogens (primary N) is 1. The van der Waals surface area contributed by atoms with Crippen LogP contribution in [-0.4, -0.2) is 13.1 Å². The average Bonchev–Trinajstić information content (AvgIpc) is 2.14. The molecule has 0 spiro atoms. The number of carbonyl (C=O) groups excluding carboxylic acids is 1. The quantitative estimate of drug-likeness (QED) is 0.618. The van der Waals surface area contributed by atoms with Crippen molar-refractivity contribution < 1.29 is 22.7 Å². The summed E-state index contributed by atoms with van der Waals surface area (Å²) in [6.07, 6.45) is -4.72. The van der Waals surface area contributed by atoms with Gasteiger partial charge in [-0.05, 0) is 12.1 Å². The third-order valence-electron chi connectivity index (χ3n) is 1.81. The van der Waals surface area contributed by atoms with Crippen LogP contribution in [-0.2, 0) is 10.9 Å². The molecule has 0 aliphatic heterocycles. The zero-order valence-electron chi connectivity index (χ0n) is 8.06. The second kappa shape index (κ2) is 4.21. The number of carbonyl (C=O) groups is 1. The Kier molecular flexibility index (Phi) is 3.32. The van der Waals surface area contributed by atoms with E-state index in [1.165, 1.54) is 0 Å². The van der Waals surface area contributed by atoms with Gasteiger partial charge < -0.3 is 10.5 Å². The van der Waals surface area contributed by atoms with Crippen molar-refractivity contribution in [3.05, 3.63) is 28.3 Å². The minimum absolute atomic E-state index is 0.176. The molecule has 0 fully saturated rings. The summed E-state index contributed by atoms with van der Waals surface area (Å²) in [6.45, 7) is 0. The molecule has 0 aliphatic rings. The molecular formula is C9H7ClF3NO2. The van der Waals surface area contributed by atoms with E-state index in [4.69, 9.17) is 17.3 Å². The summed E-state index contributed by atoms with van der Waals surface area (Å²) in [7, 11) is 0.967. The molecule has 0 aliphatic carbocycles. The number of esters is 1. The Hall–Kier alpha value is -1.43. The van der Waals surface area contributed by atoms with Gasteiger partial charge in [0.05, 0.1) is 23.3 Å². The Bertz CT molecular complexity index is 431. The molecule has 0 bridgehead atoms. The third kappa shape index (κ3) is 2.38. The minimum Gasteiger partial charge on any atom is -0.465 e. The van der Waals surface area contributed by atoms with E-state index in [0.717, 1.165) is 13.2 Å². The number of rotatable bonds is 1. The predicted octanol–water partition coefficient (Wildman–Crippen LogP) is 2.73. The van der Waals surface area contributed by atoms with E-state index in [2.05, 4.69) is 4.74 Å². The van der Waals surface area contributed by atoms with E-state index in [9.17, 15) is 18.0 Å². The van der Waals surface area contributed by atoms with E-state index in [1.54, 1.807) is 0 Å². The number of ether oxygens (including phenoxy) is 1. The number of methoxy groups -OCH3 is 1. The van der Waals surface area contributed by atoms with Crippen molar-refractivity contribution in [2.45, 2.75) is 6.18 Å². The van der Waals surface area contributed by atoms with Crippen LogP contribution in [0, 0.1) is 0 Å². The van der Waals surface area contributed by atoms with Crippen molar-refractivity contribution in [2.75, 3.05) is 12.8 Å². The lowest BCUT2D eigenvalue weighted by Crippen LogP contribution is -2.15. The Balaban J connectivity index is 3.51. The number of hydrogen-bond acceptors (Lipinski definition) is 3. The van der Waals surface area contributed by atoms with Gasteiger partial charge in [-0.25, -0.2) is 4.79 Å². The maximum absolute atomic E-state index is 12.6. The van der Waals surface area contributed by atoms with Gasteiger partial charge in [0.15, 0.2) is 0 Å². The summed E-state index contributed by atoms with van der Waals surface area (Å²) < 4.78 is 42.0. The minimum atomic E-state index is -4.72. The molecule has 0 saturated heterocycles. The van der Waals surface area contributed by atoms with Crippen LogP contribution >= 0.6 is 11.6 Å². The summed E-state index contributed by atoms with van der Waals surface area (Å²) in [5, 5.41) is -0.390. The van der Waals surface area contributed by atoms with Crippen LogP contribution in [0.5, 0.6) is 0 Å². The summed E-state index contributed by atoms with van der Waals surface area (Å²) >= 11 is 5.53. The Morgan fingerprint density at radius 1 is 1.44 bits per heavy atom. The highest BCUT2D eigenvalue weighted by Crippen LogP contribution is 2.37. The third-order valence-corrected chi connectivity index (χ3v) is 2.11. The van der Waals surface area contributed by atoms with E-state index in [0.29, 0.717) is 6.07 Å². The number of alkyl halides is 3. The molecule has 0 radical (unpaired) electrons. The first-order valence-electron chi connectivity index (χ1n) is 4.02. The van der Waals surface area contributed by atoms with Gasteiger partial charge in [0.1, 0.15) is 0 Å². The number of hydrogen-bond donors (Lipinski definition) is 1. The van der Waals surface area contributed by atoms with Gasteiger partial charge in [-0.2, -0.15) is 13.2 Å². The first-order valence-corrected chi connectivity index (χ1v) is 4.39. The molecule has 1 aromatic rings. The molecule has 1 rings (SSSR count). The number of anilines is 1. The van der Waals surface area contributed by atoms with E-state index in [-0.39, 0.29) is 10.7 Å². The SMILES string of the molecule is COC(=O)c1c(Cl)cc(N)cc1C(F)(F)F. The van der Waals surface area contributed by atoms with Crippen molar-refractivity contribution in [1.82, 2.24) is 0 Å². The standard InChI is InChI=1S/C9H7ClF3NO2/c1-16-8(15)7-5(9(11,12)13)2-4(14)3-6(7)10/h2-3H,14H2,1H3. The number of halogens is 4. The molecule has 0 unspecified atom stereocenters. The lowest BCUT2D eigenvalue weighted by atomic mass is 10.1. The molecular weight excluding hydrogens is 247 g/mol. The van der Waals surface area contributed by atoms with Crippen molar-refractivity contribution in [3.63, 3.8) is 0 Å². The van der Waals surface area contributed by atoms with Crippen molar-refractivity contribution in [3.8, 4) is 0 Å². The largest absolute Gasteiger partial charge is 0.465 e. The van der Waals surface area contributed by atoms with Crippen LogP contribution in [0.2, 0.25) is 5.02 Å². The molecule has 0 aromatic heterocycles. The fourth-order valence-electron chi connectivity index (χ4n) is 1.16. The zero-order valence-corrected chi connectivity index (χ0v) is 8.82. The Morgan fingerprint density at radius 3 is 2.44 bits per heavy atom. The highest BCUT2D eigenvalue weighted by molar-refractivity contribution is 6.34. The first kappa shape index (κ1) is 12.6. The van der Waals surface area contributed by atoms with Gasteiger partial charge in [-0.3, -0.25) is 0 Å². The molecule has 3 nitrogen and oxygen atoms in total. The van der Waals surface area contributed by atoms with Gasteiger partial charge in [-0.1, -0.05) is 11.6 Å². The fourth-order valence-corrected chi connectivity index (χ4v) is 1.47. The topological polar surface area (TPSA) is 52.3 Å². The van der Waals surface area contributed by atoms with E-state index in [1.807, 2.05) is 0 Å². The van der Waals surface area contributed by atoms with Crippen LogP contribution in [0.3, 0.4) is 0 Å². The molecule has 0 saturated carbocycles. The van der Waals surface area contributed by atoms with Gasteiger partial charge >= 0.3 is 12.1 Å². The molecule has 88 valence electrons.